The van der Waals surface area contributed by atoms with Crippen LogP contribution in [0, 0.1) is 5.92 Å². The molecule has 0 spiro atoms. The molecule has 2 aliphatic heterocycles. The molecule has 0 aromatic rings. The fraction of sp³-hybridized carbons (Fsp3) is 0.938. The van der Waals surface area contributed by atoms with Crippen molar-refractivity contribution in [2.24, 2.45) is 5.92 Å². The molecule has 2 saturated heterocycles. The zero-order valence-corrected chi connectivity index (χ0v) is 16.5. The molecule has 22 heavy (non-hydrogen) atoms. The molecule has 2 aliphatic rings. The average Bonchev–Trinajstić information content (AvgIpc) is 2.55. The standard InChI is InChI=1S/C16H28O2S4/c17-16(18)4-2-1-3-13(15-12-20-8-10-22-15)5-6-14-11-19-7-9-21-14/h13-15H,1-12H2,(H,17,18). The lowest BCUT2D eigenvalue weighted by Crippen LogP contribution is -2.26. The highest BCUT2D eigenvalue weighted by molar-refractivity contribution is 8.07. The van der Waals surface area contributed by atoms with Gasteiger partial charge >= 0.3 is 5.97 Å². The number of thioether (sulfide) groups is 4. The maximum absolute atomic E-state index is 10.7. The van der Waals surface area contributed by atoms with Gasteiger partial charge in [0.1, 0.15) is 0 Å². The first-order chi connectivity index (χ1) is 10.8. The largest absolute Gasteiger partial charge is 0.481 e. The van der Waals surface area contributed by atoms with E-state index in [2.05, 4.69) is 47.0 Å². The molecule has 1 N–H and O–H groups in total. The molecule has 0 bridgehead atoms. The Morgan fingerprint density at radius 2 is 1.77 bits per heavy atom. The molecular formula is C16H28O2S4. The number of hydrogen-bond acceptors (Lipinski definition) is 5. The van der Waals surface area contributed by atoms with Crippen molar-refractivity contribution in [1.29, 1.82) is 0 Å². The van der Waals surface area contributed by atoms with E-state index in [4.69, 9.17) is 5.11 Å². The van der Waals surface area contributed by atoms with Crippen molar-refractivity contribution in [3.8, 4) is 0 Å². The quantitative estimate of drug-likeness (QED) is 0.583. The lowest BCUT2D eigenvalue weighted by molar-refractivity contribution is -0.137. The summed E-state index contributed by atoms with van der Waals surface area (Å²) in [6.45, 7) is 0. The molecule has 0 saturated carbocycles. The highest BCUT2D eigenvalue weighted by atomic mass is 32.2. The Bertz CT molecular complexity index is 315. The first kappa shape index (κ1) is 19.2. The van der Waals surface area contributed by atoms with Crippen LogP contribution >= 0.6 is 47.0 Å². The minimum atomic E-state index is -0.644. The van der Waals surface area contributed by atoms with Gasteiger partial charge in [0.05, 0.1) is 0 Å². The molecule has 0 aromatic heterocycles. The molecule has 2 fully saturated rings. The Morgan fingerprint density at radius 3 is 2.41 bits per heavy atom. The van der Waals surface area contributed by atoms with Gasteiger partial charge in [-0.2, -0.15) is 47.0 Å². The summed E-state index contributed by atoms with van der Waals surface area (Å²) in [5, 5.41) is 10.5. The second-order valence-corrected chi connectivity index (χ2v) is 11.1. The van der Waals surface area contributed by atoms with E-state index in [0.29, 0.717) is 6.42 Å². The molecule has 6 heteroatoms. The Balaban J connectivity index is 1.73. The van der Waals surface area contributed by atoms with Gasteiger partial charge in [0.25, 0.3) is 0 Å². The number of rotatable bonds is 9. The minimum Gasteiger partial charge on any atom is -0.481 e. The fourth-order valence-electron chi connectivity index (χ4n) is 3.08. The van der Waals surface area contributed by atoms with Gasteiger partial charge in [-0.15, -0.1) is 0 Å². The van der Waals surface area contributed by atoms with Gasteiger partial charge in [0, 0.05) is 51.4 Å². The van der Waals surface area contributed by atoms with Crippen LogP contribution in [-0.4, -0.2) is 56.1 Å². The fourth-order valence-corrected chi connectivity index (χ4v) is 8.89. The van der Waals surface area contributed by atoms with Gasteiger partial charge in [-0.05, 0) is 31.6 Å². The summed E-state index contributed by atoms with van der Waals surface area (Å²) in [6.07, 6.45) is 6.23. The molecule has 3 atom stereocenters. The maximum atomic E-state index is 10.7. The van der Waals surface area contributed by atoms with Crippen molar-refractivity contribution in [3.05, 3.63) is 0 Å². The number of carbonyl (C=O) groups is 1. The highest BCUT2D eigenvalue weighted by Crippen LogP contribution is 2.36. The predicted octanol–water partition coefficient (Wildman–Crippen LogP) is 4.73. The average molecular weight is 381 g/mol. The topological polar surface area (TPSA) is 37.3 Å². The van der Waals surface area contributed by atoms with Gasteiger partial charge < -0.3 is 5.11 Å². The van der Waals surface area contributed by atoms with Gasteiger partial charge in [-0.3, -0.25) is 4.79 Å². The van der Waals surface area contributed by atoms with Gasteiger partial charge in [-0.1, -0.05) is 6.42 Å². The van der Waals surface area contributed by atoms with Crippen molar-refractivity contribution in [3.63, 3.8) is 0 Å². The monoisotopic (exact) mass is 380 g/mol. The van der Waals surface area contributed by atoms with Gasteiger partial charge in [0.15, 0.2) is 0 Å². The van der Waals surface area contributed by atoms with Gasteiger partial charge in [-0.25, -0.2) is 0 Å². The molecule has 2 nitrogen and oxygen atoms in total. The Morgan fingerprint density at radius 1 is 1.00 bits per heavy atom. The van der Waals surface area contributed by atoms with Crippen molar-refractivity contribution in [2.45, 2.75) is 49.0 Å². The van der Waals surface area contributed by atoms with E-state index in [1.54, 1.807) is 0 Å². The summed E-state index contributed by atoms with van der Waals surface area (Å²) >= 11 is 8.58. The van der Waals surface area contributed by atoms with E-state index < -0.39 is 5.97 Å². The minimum absolute atomic E-state index is 0.342. The molecule has 0 aliphatic carbocycles. The third-order valence-electron chi connectivity index (χ3n) is 4.33. The lowest BCUT2D eigenvalue weighted by atomic mass is 9.92. The van der Waals surface area contributed by atoms with Crippen LogP contribution in [-0.2, 0) is 4.79 Å². The van der Waals surface area contributed by atoms with Crippen molar-refractivity contribution >= 4 is 53.0 Å². The van der Waals surface area contributed by atoms with Crippen LogP contribution in [0.25, 0.3) is 0 Å². The zero-order valence-electron chi connectivity index (χ0n) is 13.2. The highest BCUT2D eigenvalue weighted by Gasteiger charge is 2.25. The molecule has 0 aromatic carbocycles. The number of carboxylic acid groups (broad SMARTS) is 1. The Hall–Kier alpha value is 0.870. The number of unbranched alkanes of at least 4 members (excludes halogenated alkanes) is 1. The first-order valence-corrected chi connectivity index (χ1v) is 12.8. The summed E-state index contributed by atoms with van der Waals surface area (Å²) in [6, 6.07) is 0. The third-order valence-corrected chi connectivity index (χ3v) is 10.2. The van der Waals surface area contributed by atoms with Crippen LogP contribution in [0.1, 0.15) is 38.5 Å². The van der Waals surface area contributed by atoms with Crippen LogP contribution in [0.2, 0.25) is 0 Å². The molecule has 2 rings (SSSR count). The number of aliphatic carboxylic acids is 1. The summed E-state index contributed by atoms with van der Waals surface area (Å²) in [4.78, 5) is 10.7. The van der Waals surface area contributed by atoms with Crippen LogP contribution in [0.15, 0.2) is 0 Å². The lowest BCUT2D eigenvalue weighted by Gasteiger charge is -2.31. The summed E-state index contributed by atoms with van der Waals surface area (Å²) in [5.74, 6) is 8.07. The first-order valence-electron chi connectivity index (χ1n) is 8.36. The smallest absolute Gasteiger partial charge is 0.303 e. The third kappa shape index (κ3) is 7.63. The normalized spacial score (nSPS) is 27.5. The van der Waals surface area contributed by atoms with Crippen molar-refractivity contribution in [2.75, 3.05) is 34.5 Å². The van der Waals surface area contributed by atoms with E-state index >= 15 is 0 Å². The zero-order chi connectivity index (χ0) is 15.6. The van der Waals surface area contributed by atoms with Crippen molar-refractivity contribution in [1.82, 2.24) is 0 Å². The Kier molecular flexibility index (Phi) is 9.97. The van der Waals surface area contributed by atoms with Crippen LogP contribution in [0.3, 0.4) is 0 Å². The molecule has 0 radical (unpaired) electrons. The van der Waals surface area contributed by atoms with E-state index in [9.17, 15) is 4.79 Å². The molecule has 2 heterocycles. The molecule has 3 unspecified atom stereocenters. The van der Waals surface area contributed by atoms with Crippen LogP contribution in [0.4, 0.5) is 0 Å². The van der Waals surface area contributed by atoms with E-state index in [0.717, 1.165) is 29.3 Å². The second kappa shape index (κ2) is 11.4. The summed E-state index contributed by atoms with van der Waals surface area (Å²) in [5.41, 5.74) is 0. The molecule has 0 amide bonds. The van der Waals surface area contributed by atoms with Crippen LogP contribution < -0.4 is 0 Å². The summed E-state index contributed by atoms with van der Waals surface area (Å²) in [7, 11) is 0. The Labute approximate surface area is 152 Å². The number of hydrogen-bond donors (Lipinski definition) is 1. The predicted molar refractivity (Wildman–Crippen MR) is 106 cm³/mol. The second-order valence-electron chi connectivity index (χ2n) is 6.03. The SMILES string of the molecule is O=C(O)CCCCC(CCC1CSCCS1)C1CSCCS1. The molecular weight excluding hydrogens is 352 g/mol. The maximum Gasteiger partial charge on any atom is 0.303 e. The van der Waals surface area contributed by atoms with E-state index in [-0.39, 0.29) is 0 Å². The van der Waals surface area contributed by atoms with E-state index in [1.807, 2.05) is 0 Å². The molecule has 128 valence electrons. The number of carboxylic acids is 1. The van der Waals surface area contributed by atoms with Crippen LogP contribution in [0.5, 0.6) is 0 Å². The van der Waals surface area contributed by atoms with E-state index in [1.165, 1.54) is 53.8 Å². The summed E-state index contributed by atoms with van der Waals surface area (Å²) < 4.78 is 0. The van der Waals surface area contributed by atoms with Crippen molar-refractivity contribution < 1.29 is 9.90 Å². The van der Waals surface area contributed by atoms with Gasteiger partial charge in [0.2, 0.25) is 0 Å².